The van der Waals surface area contributed by atoms with Crippen LogP contribution < -0.4 is 5.32 Å². The summed E-state index contributed by atoms with van der Waals surface area (Å²) in [6.07, 6.45) is 1.31. The summed E-state index contributed by atoms with van der Waals surface area (Å²) >= 11 is 0. The molecule has 1 atom stereocenters. The van der Waals surface area contributed by atoms with Gasteiger partial charge in [0.15, 0.2) is 0 Å². The quantitative estimate of drug-likeness (QED) is 0.844. The van der Waals surface area contributed by atoms with Gasteiger partial charge in [-0.2, -0.15) is 0 Å². The van der Waals surface area contributed by atoms with Crippen LogP contribution in [-0.4, -0.2) is 53.7 Å². The van der Waals surface area contributed by atoms with E-state index in [1.54, 1.807) is 42.0 Å². The molecule has 23 heavy (non-hydrogen) atoms. The maximum Gasteiger partial charge on any atom is 0.247 e. The van der Waals surface area contributed by atoms with Crippen LogP contribution in [0, 0.1) is 0 Å². The second-order valence-electron chi connectivity index (χ2n) is 5.55. The number of amides is 3. The Labute approximate surface area is 135 Å². The number of hydrogen-bond acceptors (Lipinski definition) is 3. The van der Waals surface area contributed by atoms with Crippen LogP contribution in [0.1, 0.15) is 12.5 Å². The Bertz CT molecular complexity index is 642. The molecular formula is C17H21N3O3. The molecule has 0 aliphatic carbocycles. The van der Waals surface area contributed by atoms with E-state index in [4.69, 9.17) is 0 Å². The molecule has 1 aliphatic heterocycles. The Hall–Kier alpha value is -2.63. The van der Waals surface area contributed by atoms with Crippen LogP contribution in [0.4, 0.5) is 5.69 Å². The molecule has 0 bridgehead atoms. The third-order valence-electron chi connectivity index (χ3n) is 4.00. The number of para-hydroxylation sites is 1. The Morgan fingerprint density at radius 1 is 1.35 bits per heavy atom. The lowest BCUT2D eigenvalue weighted by atomic mass is 10.1. The molecule has 3 amide bonds. The molecule has 1 fully saturated rings. The van der Waals surface area contributed by atoms with E-state index in [0.29, 0.717) is 24.3 Å². The van der Waals surface area contributed by atoms with Gasteiger partial charge in [-0.15, -0.1) is 0 Å². The lowest BCUT2D eigenvalue weighted by molar-refractivity contribution is -0.149. The minimum atomic E-state index is -0.462. The van der Waals surface area contributed by atoms with Crippen molar-refractivity contribution in [2.75, 3.05) is 25.5 Å². The molecule has 1 heterocycles. The summed E-state index contributed by atoms with van der Waals surface area (Å²) in [5.74, 6) is -0.509. The van der Waals surface area contributed by atoms with Gasteiger partial charge in [0.25, 0.3) is 0 Å². The fourth-order valence-corrected chi connectivity index (χ4v) is 2.60. The van der Waals surface area contributed by atoms with Gasteiger partial charge in [0.05, 0.1) is 6.42 Å². The van der Waals surface area contributed by atoms with Crippen molar-refractivity contribution >= 4 is 23.4 Å². The number of nitrogens with one attached hydrogen (secondary N) is 1. The number of nitrogens with zero attached hydrogens (tertiary/aromatic N) is 2. The van der Waals surface area contributed by atoms with Crippen LogP contribution >= 0.6 is 0 Å². The van der Waals surface area contributed by atoms with E-state index in [2.05, 4.69) is 11.9 Å². The van der Waals surface area contributed by atoms with E-state index >= 15 is 0 Å². The average molecular weight is 315 g/mol. The van der Waals surface area contributed by atoms with Crippen molar-refractivity contribution in [1.82, 2.24) is 9.80 Å². The van der Waals surface area contributed by atoms with Crippen LogP contribution in [0.25, 0.3) is 0 Å². The molecule has 2 rings (SSSR count). The zero-order valence-electron chi connectivity index (χ0n) is 13.4. The number of hydrogen-bond donors (Lipinski definition) is 1. The first kappa shape index (κ1) is 16.7. The predicted octanol–water partition coefficient (Wildman–Crippen LogP) is 1.04. The molecule has 0 radical (unpaired) electrons. The zero-order valence-corrected chi connectivity index (χ0v) is 13.4. The van der Waals surface area contributed by atoms with Crippen molar-refractivity contribution < 1.29 is 14.4 Å². The molecule has 6 nitrogen and oxygen atoms in total. The zero-order chi connectivity index (χ0) is 17.0. The molecule has 0 spiro atoms. The second-order valence-corrected chi connectivity index (χ2v) is 5.55. The van der Waals surface area contributed by atoms with Crippen LogP contribution in [-0.2, 0) is 20.8 Å². The van der Waals surface area contributed by atoms with E-state index in [0.717, 1.165) is 0 Å². The first-order chi connectivity index (χ1) is 10.9. The number of benzene rings is 1. The minimum Gasteiger partial charge on any atom is -0.342 e. The normalized spacial score (nSPS) is 17.8. The molecule has 1 aromatic rings. The fraction of sp³-hybridized carbons (Fsp3) is 0.353. The van der Waals surface area contributed by atoms with Crippen molar-refractivity contribution in [1.29, 1.82) is 0 Å². The summed E-state index contributed by atoms with van der Waals surface area (Å²) in [5.41, 5.74) is 1.30. The van der Waals surface area contributed by atoms with Crippen LogP contribution in [0.3, 0.4) is 0 Å². The maximum atomic E-state index is 12.6. The van der Waals surface area contributed by atoms with Crippen LogP contribution in [0.15, 0.2) is 36.9 Å². The molecule has 1 aliphatic rings. The number of piperazine rings is 1. The molecule has 6 heteroatoms. The van der Waals surface area contributed by atoms with E-state index in [1.165, 1.54) is 6.08 Å². The van der Waals surface area contributed by atoms with Crippen molar-refractivity contribution in [3.63, 3.8) is 0 Å². The minimum absolute atomic E-state index is 0.0576. The molecule has 122 valence electrons. The molecule has 0 aromatic heterocycles. The van der Waals surface area contributed by atoms with E-state index < -0.39 is 6.04 Å². The summed E-state index contributed by atoms with van der Waals surface area (Å²) in [6.45, 7) is 6.20. The van der Waals surface area contributed by atoms with Gasteiger partial charge in [-0.1, -0.05) is 24.8 Å². The first-order valence-electron chi connectivity index (χ1n) is 7.49. The number of carbonyl (C=O) groups is 3. The second kappa shape index (κ2) is 7.09. The highest BCUT2D eigenvalue weighted by atomic mass is 16.2. The molecule has 1 N–H and O–H groups in total. The van der Waals surface area contributed by atoms with Gasteiger partial charge in [0.1, 0.15) is 6.04 Å². The van der Waals surface area contributed by atoms with Gasteiger partial charge < -0.3 is 15.1 Å². The Balaban J connectivity index is 2.13. The number of anilines is 1. The summed E-state index contributed by atoms with van der Waals surface area (Å²) in [5, 5.41) is 2.69. The summed E-state index contributed by atoms with van der Waals surface area (Å²) < 4.78 is 0. The number of likely N-dealkylation sites (N-methyl/N-ethyl adjacent to an activating group) is 1. The SMILES string of the molecule is C=CC(=O)Nc1ccccc1CC(=O)N1CCN(C)C(=O)C1C. The highest BCUT2D eigenvalue weighted by Gasteiger charge is 2.32. The Morgan fingerprint density at radius 3 is 2.74 bits per heavy atom. The molecule has 1 aromatic carbocycles. The number of rotatable bonds is 4. The molecule has 0 saturated carbocycles. The van der Waals surface area contributed by atoms with Crippen molar-refractivity contribution in [3.05, 3.63) is 42.5 Å². The van der Waals surface area contributed by atoms with Crippen molar-refractivity contribution in [2.45, 2.75) is 19.4 Å². The molecule has 1 unspecified atom stereocenters. The largest absolute Gasteiger partial charge is 0.342 e. The lowest BCUT2D eigenvalue weighted by Crippen LogP contribution is -2.56. The van der Waals surface area contributed by atoms with E-state index in [-0.39, 0.29) is 24.1 Å². The van der Waals surface area contributed by atoms with Gasteiger partial charge in [0, 0.05) is 25.8 Å². The Kier molecular flexibility index (Phi) is 5.16. The molecular weight excluding hydrogens is 294 g/mol. The third kappa shape index (κ3) is 3.77. The summed E-state index contributed by atoms with van der Waals surface area (Å²) in [6, 6.07) is 6.66. The van der Waals surface area contributed by atoms with Crippen molar-refractivity contribution in [3.8, 4) is 0 Å². The topological polar surface area (TPSA) is 69.7 Å². The molecule has 1 saturated heterocycles. The number of carbonyl (C=O) groups excluding carboxylic acids is 3. The first-order valence-corrected chi connectivity index (χ1v) is 7.49. The Morgan fingerprint density at radius 2 is 2.04 bits per heavy atom. The van der Waals surface area contributed by atoms with Crippen LogP contribution in [0.5, 0.6) is 0 Å². The van der Waals surface area contributed by atoms with E-state index in [9.17, 15) is 14.4 Å². The predicted molar refractivity (Wildman–Crippen MR) is 87.8 cm³/mol. The van der Waals surface area contributed by atoms with Crippen molar-refractivity contribution in [2.24, 2.45) is 0 Å². The highest BCUT2D eigenvalue weighted by molar-refractivity contribution is 6.00. The third-order valence-corrected chi connectivity index (χ3v) is 4.00. The van der Waals surface area contributed by atoms with Crippen LogP contribution in [0.2, 0.25) is 0 Å². The summed E-state index contributed by atoms with van der Waals surface area (Å²) in [7, 11) is 1.74. The summed E-state index contributed by atoms with van der Waals surface area (Å²) in [4.78, 5) is 39.3. The van der Waals surface area contributed by atoms with E-state index in [1.807, 2.05) is 6.07 Å². The van der Waals surface area contributed by atoms with Gasteiger partial charge in [-0.25, -0.2) is 0 Å². The standard InChI is InChI=1S/C17H21N3O3/c1-4-15(21)18-14-8-6-5-7-13(14)11-16(22)20-10-9-19(3)17(23)12(20)2/h4-8,12H,1,9-11H2,2-3H3,(H,18,21). The monoisotopic (exact) mass is 315 g/mol. The van der Waals surface area contributed by atoms with Gasteiger partial charge in [0.2, 0.25) is 17.7 Å². The van der Waals surface area contributed by atoms with Gasteiger partial charge in [-0.3, -0.25) is 14.4 Å². The van der Waals surface area contributed by atoms with Gasteiger partial charge in [-0.05, 0) is 24.6 Å². The highest BCUT2D eigenvalue weighted by Crippen LogP contribution is 2.18. The average Bonchev–Trinajstić information content (AvgIpc) is 2.54. The smallest absolute Gasteiger partial charge is 0.247 e. The fourth-order valence-electron chi connectivity index (χ4n) is 2.60. The lowest BCUT2D eigenvalue weighted by Gasteiger charge is -2.37. The van der Waals surface area contributed by atoms with Gasteiger partial charge >= 0.3 is 0 Å². The maximum absolute atomic E-state index is 12.6.